The molecule has 0 unspecified atom stereocenters. The van der Waals surface area contributed by atoms with Crippen molar-refractivity contribution < 1.29 is 9.84 Å². The standard InChI is InChI=1S/C20H25NO2/c22-16-20(11-13-23-14-12-20)15-21-19(17-7-3-1-4-8-17)18-9-5-2-6-10-18/h1-10,19,21-22H,11-16H2. The van der Waals surface area contributed by atoms with Crippen molar-refractivity contribution in [3.63, 3.8) is 0 Å². The van der Waals surface area contributed by atoms with Crippen LogP contribution in [0.1, 0.15) is 30.0 Å². The average molecular weight is 311 g/mol. The van der Waals surface area contributed by atoms with E-state index in [1.54, 1.807) is 0 Å². The molecule has 2 aromatic carbocycles. The molecular weight excluding hydrogens is 286 g/mol. The van der Waals surface area contributed by atoms with Crippen LogP contribution in [-0.4, -0.2) is 31.5 Å². The SMILES string of the molecule is OCC1(CNC(c2ccccc2)c2ccccc2)CCOCC1. The molecule has 0 saturated carbocycles. The summed E-state index contributed by atoms with van der Waals surface area (Å²) < 4.78 is 5.46. The van der Waals surface area contributed by atoms with Gasteiger partial charge in [-0.3, -0.25) is 0 Å². The summed E-state index contributed by atoms with van der Waals surface area (Å²) in [6, 6.07) is 21.1. The maximum absolute atomic E-state index is 9.90. The predicted octanol–water partition coefficient (Wildman–Crippen LogP) is 3.15. The average Bonchev–Trinajstić information content (AvgIpc) is 2.64. The van der Waals surface area contributed by atoms with Crippen LogP contribution < -0.4 is 5.32 Å². The van der Waals surface area contributed by atoms with E-state index in [0.717, 1.165) is 32.6 Å². The lowest BCUT2D eigenvalue weighted by Gasteiger charge is -2.37. The Morgan fingerprint density at radius 2 is 1.43 bits per heavy atom. The normalized spacial score (nSPS) is 17.3. The van der Waals surface area contributed by atoms with E-state index in [-0.39, 0.29) is 18.1 Å². The first-order valence-electron chi connectivity index (χ1n) is 8.35. The molecule has 1 heterocycles. The molecule has 0 spiro atoms. The minimum atomic E-state index is -0.0694. The largest absolute Gasteiger partial charge is 0.396 e. The van der Waals surface area contributed by atoms with Gasteiger partial charge < -0.3 is 15.2 Å². The van der Waals surface area contributed by atoms with Gasteiger partial charge >= 0.3 is 0 Å². The molecule has 0 aromatic heterocycles. The number of aliphatic hydroxyl groups excluding tert-OH is 1. The van der Waals surface area contributed by atoms with Gasteiger partial charge in [-0.2, -0.15) is 0 Å². The lowest BCUT2D eigenvalue weighted by atomic mass is 9.80. The van der Waals surface area contributed by atoms with Gasteiger partial charge in [-0.15, -0.1) is 0 Å². The Hall–Kier alpha value is -1.68. The fraction of sp³-hybridized carbons (Fsp3) is 0.400. The van der Waals surface area contributed by atoms with Gasteiger partial charge in [0, 0.05) is 25.2 Å². The van der Waals surface area contributed by atoms with Gasteiger partial charge in [-0.05, 0) is 24.0 Å². The van der Waals surface area contributed by atoms with Crippen LogP contribution in [0.5, 0.6) is 0 Å². The smallest absolute Gasteiger partial charge is 0.0576 e. The van der Waals surface area contributed by atoms with E-state index in [1.807, 2.05) is 12.1 Å². The molecule has 1 aliphatic heterocycles. The fourth-order valence-electron chi connectivity index (χ4n) is 3.23. The van der Waals surface area contributed by atoms with E-state index in [9.17, 15) is 5.11 Å². The van der Waals surface area contributed by atoms with Gasteiger partial charge in [0.1, 0.15) is 0 Å². The number of aliphatic hydroxyl groups is 1. The van der Waals surface area contributed by atoms with Crippen LogP contribution in [0.25, 0.3) is 0 Å². The third kappa shape index (κ3) is 3.99. The molecule has 2 N–H and O–H groups in total. The van der Waals surface area contributed by atoms with Crippen LogP contribution in [0.15, 0.2) is 60.7 Å². The van der Waals surface area contributed by atoms with Gasteiger partial charge in [0.05, 0.1) is 12.6 Å². The van der Waals surface area contributed by atoms with E-state index in [4.69, 9.17) is 4.74 Å². The summed E-state index contributed by atoms with van der Waals surface area (Å²) in [4.78, 5) is 0. The minimum Gasteiger partial charge on any atom is -0.396 e. The highest BCUT2D eigenvalue weighted by Crippen LogP contribution is 2.31. The number of benzene rings is 2. The van der Waals surface area contributed by atoms with Crippen molar-refractivity contribution in [3.8, 4) is 0 Å². The topological polar surface area (TPSA) is 41.5 Å². The quantitative estimate of drug-likeness (QED) is 0.861. The first kappa shape index (κ1) is 16.2. The van der Waals surface area contributed by atoms with Crippen LogP contribution in [0.4, 0.5) is 0 Å². The zero-order valence-electron chi connectivity index (χ0n) is 13.4. The highest BCUT2D eigenvalue weighted by molar-refractivity contribution is 5.31. The number of rotatable bonds is 6. The minimum absolute atomic E-state index is 0.0694. The summed E-state index contributed by atoms with van der Waals surface area (Å²) in [5.41, 5.74) is 2.43. The maximum atomic E-state index is 9.90. The molecule has 3 rings (SSSR count). The van der Waals surface area contributed by atoms with Crippen molar-refractivity contribution in [1.29, 1.82) is 0 Å². The Balaban J connectivity index is 1.79. The number of hydrogen-bond acceptors (Lipinski definition) is 3. The fourth-order valence-corrected chi connectivity index (χ4v) is 3.23. The highest BCUT2D eigenvalue weighted by Gasteiger charge is 2.32. The van der Waals surface area contributed by atoms with Crippen LogP contribution >= 0.6 is 0 Å². The third-order valence-electron chi connectivity index (χ3n) is 4.84. The van der Waals surface area contributed by atoms with E-state index in [1.165, 1.54) is 11.1 Å². The van der Waals surface area contributed by atoms with Crippen molar-refractivity contribution in [3.05, 3.63) is 71.8 Å². The monoisotopic (exact) mass is 311 g/mol. The molecule has 0 radical (unpaired) electrons. The predicted molar refractivity (Wildman–Crippen MR) is 92.3 cm³/mol. The van der Waals surface area contributed by atoms with Crippen molar-refractivity contribution >= 4 is 0 Å². The van der Waals surface area contributed by atoms with Crippen molar-refractivity contribution in [2.24, 2.45) is 5.41 Å². The molecule has 3 nitrogen and oxygen atoms in total. The number of hydrogen-bond donors (Lipinski definition) is 2. The molecule has 1 fully saturated rings. The Kier molecular flexibility index (Phi) is 5.44. The Bertz CT molecular complexity index is 540. The Morgan fingerprint density at radius 3 is 1.91 bits per heavy atom. The van der Waals surface area contributed by atoms with Gasteiger partial charge in [0.2, 0.25) is 0 Å². The third-order valence-corrected chi connectivity index (χ3v) is 4.84. The van der Waals surface area contributed by atoms with Crippen molar-refractivity contribution in [2.75, 3.05) is 26.4 Å². The molecular formula is C20H25NO2. The zero-order chi connectivity index (χ0) is 16.0. The molecule has 0 atom stereocenters. The second-order valence-electron chi connectivity index (χ2n) is 6.41. The maximum Gasteiger partial charge on any atom is 0.0576 e. The molecule has 0 aliphatic carbocycles. The summed E-state index contributed by atoms with van der Waals surface area (Å²) >= 11 is 0. The highest BCUT2D eigenvalue weighted by atomic mass is 16.5. The molecule has 1 saturated heterocycles. The molecule has 3 heteroatoms. The molecule has 1 aliphatic rings. The Morgan fingerprint density at radius 1 is 0.913 bits per heavy atom. The van der Waals surface area contributed by atoms with Gasteiger partial charge in [-0.1, -0.05) is 60.7 Å². The van der Waals surface area contributed by atoms with Crippen LogP contribution in [-0.2, 0) is 4.74 Å². The number of nitrogens with one attached hydrogen (secondary N) is 1. The van der Waals surface area contributed by atoms with E-state index < -0.39 is 0 Å². The lowest BCUT2D eigenvalue weighted by Crippen LogP contribution is -2.43. The molecule has 0 amide bonds. The van der Waals surface area contributed by atoms with E-state index in [2.05, 4.69) is 53.8 Å². The summed E-state index contributed by atoms with van der Waals surface area (Å²) in [5.74, 6) is 0. The summed E-state index contributed by atoms with van der Waals surface area (Å²) in [6.45, 7) is 2.48. The molecule has 122 valence electrons. The molecule has 0 bridgehead atoms. The van der Waals surface area contributed by atoms with E-state index in [0.29, 0.717) is 0 Å². The molecule has 2 aromatic rings. The summed E-state index contributed by atoms with van der Waals surface area (Å²) in [7, 11) is 0. The zero-order valence-corrected chi connectivity index (χ0v) is 13.4. The summed E-state index contributed by atoms with van der Waals surface area (Å²) in [5, 5.41) is 13.6. The van der Waals surface area contributed by atoms with E-state index >= 15 is 0 Å². The second-order valence-corrected chi connectivity index (χ2v) is 6.41. The summed E-state index contributed by atoms with van der Waals surface area (Å²) in [6.07, 6.45) is 1.82. The van der Waals surface area contributed by atoms with Crippen molar-refractivity contribution in [1.82, 2.24) is 5.32 Å². The second kappa shape index (κ2) is 7.73. The number of ether oxygens (including phenoxy) is 1. The van der Waals surface area contributed by atoms with Gasteiger partial charge in [0.25, 0.3) is 0 Å². The van der Waals surface area contributed by atoms with Gasteiger partial charge in [-0.25, -0.2) is 0 Å². The Labute approximate surface area is 138 Å². The first-order valence-corrected chi connectivity index (χ1v) is 8.35. The van der Waals surface area contributed by atoms with Crippen LogP contribution in [0, 0.1) is 5.41 Å². The van der Waals surface area contributed by atoms with Gasteiger partial charge in [0.15, 0.2) is 0 Å². The van der Waals surface area contributed by atoms with Crippen LogP contribution in [0.3, 0.4) is 0 Å². The molecule has 23 heavy (non-hydrogen) atoms. The lowest BCUT2D eigenvalue weighted by molar-refractivity contribution is -0.0160. The van der Waals surface area contributed by atoms with Crippen LogP contribution in [0.2, 0.25) is 0 Å². The first-order chi connectivity index (χ1) is 11.3. The van der Waals surface area contributed by atoms with Crippen molar-refractivity contribution in [2.45, 2.75) is 18.9 Å².